The number of rotatable bonds is 8. The fraction of sp³-hybridized carbons (Fsp3) is 0.429. The van der Waals surface area contributed by atoms with E-state index in [0.29, 0.717) is 16.8 Å². The molecule has 1 unspecified atom stereocenters. The molecule has 3 aromatic rings. The molecule has 0 bridgehead atoms. The lowest BCUT2D eigenvalue weighted by molar-refractivity contribution is -0.113. The molecular weight excluding hydrogens is 418 g/mol. The fourth-order valence-corrected chi connectivity index (χ4v) is 4.22. The molecule has 160 valence electrons. The van der Waals surface area contributed by atoms with Gasteiger partial charge >= 0.3 is 0 Å². The van der Waals surface area contributed by atoms with Gasteiger partial charge < -0.3 is 14.6 Å². The van der Waals surface area contributed by atoms with Crippen molar-refractivity contribution in [3.8, 4) is 5.75 Å². The number of amides is 1. The lowest BCUT2D eigenvalue weighted by Gasteiger charge is -2.20. The first-order valence-corrected chi connectivity index (χ1v) is 11.7. The molecule has 7 nitrogen and oxygen atoms in total. The molecule has 30 heavy (non-hydrogen) atoms. The maximum absolute atomic E-state index is 12.1. The maximum atomic E-state index is 12.1. The summed E-state index contributed by atoms with van der Waals surface area (Å²) in [5, 5.41) is 14.5. The van der Waals surface area contributed by atoms with E-state index in [4.69, 9.17) is 4.74 Å². The molecule has 0 spiro atoms. The molecule has 1 amide bonds. The first-order valence-electron chi connectivity index (χ1n) is 9.80. The number of carbonyl (C=O) groups excluding carboxylic acids is 1. The van der Waals surface area contributed by atoms with Gasteiger partial charge in [0.1, 0.15) is 5.75 Å². The maximum Gasteiger partial charge on any atom is 0.236 e. The van der Waals surface area contributed by atoms with Gasteiger partial charge in [0.05, 0.1) is 5.75 Å². The summed E-state index contributed by atoms with van der Waals surface area (Å²) in [5.41, 5.74) is 1.36. The number of hydrogen-bond acceptors (Lipinski definition) is 7. The van der Waals surface area contributed by atoms with Crippen molar-refractivity contribution in [3.63, 3.8) is 0 Å². The highest BCUT2D eigenvalue weighted by Crippen LogP contribution is 2.28. The van der Waals surface area contributed by atoms with Crippen molar-refractivity contribution in [3.05, 3.63) is 47.2 Å². The fourth-order valence-electron chi connectivity index (χ4n) is 2.87. The van der Waals surface area contributed by atoms with Gasteiger partial charge in [-0.1, -0.05) is 44.7 Å². The summed E-state index contributed by atoms with van der Waals surface area (Å²) in [6.07, 6.45) is 1.39. The van der Waals surface area contributed by atoms with Crippen LogP contribution in [-0.2, 0) is 16.8 Å². The topological polar surface area (TPSA) is 81.9 Å². The summed E-state index contributed by atoms with van der Waals surface area (Å²) < 4.78 is 8.08. The normalized spacial score (nSPS) is 12.6. The predicted molar refractivity (Wildman–Crippen MR) is 121 cm³/mol. The highest BCUT2D eigenvalue weighted by atomic mass is 32.2. The first-order chi connectivity index (χ1) is 14.3. The van der Waals surface area contributed by atoms with Crippen molar-refractivity contribution < 1.29 is 9.53 Å². The van der Waals surface area contributed by atoms with Crippen LogP contribution in [0.3, 0.4) is 0 Å². The monoisotopic (exact) mass is 445 g/mol. The van der Waals surface area contributed by atoms with Gasteiger partial charge in [0.2, 0.25) is 5.91 Å². The van der Waals surface area contributed by atoms with Crippen LogP contribution in [0.5, 0.6) is 5.75 Å². The molecule has 0 aliphatic heterocycles. The third kappa shape index (κ3) is 5.60. The summed E-state index contributed by atoms with van der Waals surface area (Å²) in [6.45, 7) is 11.2. The summed E-state index contributed by atoms with van der Waals surface area (Å²) in [6, 6.07) is 8.16. The third-order valence-corrected chi connectivity index (χ3v) is 6.12. The van der Waals surface area contributed by atoms with Gasteiger partial charge in [0.25, 0.3) is 0 Å². The Labute approximate surface area is 185 Å². The van der Waals surface area contributed by atoms with E-state index in [2.05, 4.69) is 53.4 Å². The molecular formula is C21H27N5O2S2. The number of ether oxygens (including phenoxy) is 1. The average Bonchev–Trinajstić information content (AvgIpc) is 3.35. The minimum Gasteiger partial charge on any atom is -0.483 e. The molecule has 0 saturated carbocycles. The molecule has 0 saturated heterocycles. The number of anilines is 1. The first kappa shape index (κ1) is 22.3. The minimum atomic E-state index is -0.267. The van der Waals surface area contributed by atoms with E-state index >= 15 is 0 Å². The van der Waals surface area contributed by atoms with Gasteiger partial charge in [0.15, 0.2) is 22.2 Å². The summed E-state index contributed by atoms with van der Waals surface area (Å²) >= 11 is 2.74. The van der Waals surface area contributed by atoms with E-state index in [-0.39, 0.29) is 23.2 Å². The molecule has 1 N–H and O–H groups in total. The van der Waals surface area contributed by atoms with E-state index < -0.39 is 0 Å². The van der Waals surface area contributed by atoms with Gasteiger partial charge in [-0.15, -0.1) is 21.5 Å². The van der Waals surface area contributed by atoms with Crippen LogP contribution in [0.1, 0.15) is 52.1 Å². The summed E-state index contributed by atoms with van der Waals surface area (Å²) in [4.78, 5) is 16.2. The number of nitrogens with one attached hydrogen (secondary N) is 1. The molecule has 0 radical (unpaired) electrons. The Balaban J connectivity index is 1.63. The molecule has 1 aromatic carbocycles. The van der Waals surface area contributed by atoms with Gasteiger partial charge in [0, 0.05) is 18.1 Å². The SMILES string of the molecule is CCn1c(SCC(=O)Nc2nccs2)nnc1C(C)Oc1ccc(C(C)(C)C)cc1. The number of thioether (sulfide) groups is 1. The second kappa shape index (κ2) is 9.61. The Morgan fingerprint density at radius 3 is 2.60 bits per heavy atom. The number of thiazole rings is 1. The Bertz CT molecular complexity index is 962. The van der Waals surface area contributed by atoms with Crippen LogP contribution in [0.25, 0.3) is 0 Å². The van der Waals surface area contributed by atoms with Gasteiger partial charge in [-0.25, -0.2) is 4.98 Å². The summed E-state index contributed by atoms with van der Waals surface area (Å²) in [5.74, 6) is 1.64. The quantitative estimate of drug-likeness (QED) is 0.496. The van der Waals surface area contributed by atoms with Crippen LogP contribution < -0.4 is 10.1 Å². The lowest BCUT2D eigenvalue weighted by Crippen LogP contribution is -2.15. The van der Waals surface area contributed by atoms with Crippen LogP contribution in [-0.4, -0.2) is 31.4 Å². The van der Waals surface area contributed by atoms with Crippen molar-refractivity contribution in [1.29, 1.82) is 0 Å². The molecule has 0 fully saturated rings. The van der Waals surface area contributed by atoms with Gasteiger partial charge in [-0.2, -0.15) is 0 Å². The van der Waals surface area contributed by atoms with Gasteiger partial charge in [-0.3, -0.25) is 4.79 Å². The number of hydrogen-bond donors (Lipinski definition) is 1. The minimum absolute atomic E-state index is 0.102. The van der Waals surface area contributed by atoms with Crippen LogP contribution in [0.2, 0.25) is 0 Å². The number of carbonyl (C=O) groups is 1. The van der Waals surface area contributed by atoms with Crippen LogP contribution in [0.15, 0.2) is 41.0 Å². The van der Waals surface area contributed by atoms with Crippen molar-refractivity contribution in [2.75, 3.05) is 11.1 Å². The van der Waals surface area contributed by atoms with E-state index in [1.54, 1.807) is 6.20 Å². The predicted octanol–water partition coefficient (Wildman–Crippen LogP) is 4.92. The van der Waals surface area contributed by atoms with Crippen LogP contribution in [0, 0.1) is 0 Å². The molecule has 2 aromatic heterocycles. The van der Waals surface area contributed by atoms with E-state index in [0.717, 1.165) is 11.6 Å². The molecule has 3 rings (SSSR count). The standard InChI is InChI=1S/C21H27N5O2S2/c1-6-26-18(14(2)28-16-9-7-15(8-10-16)21(3,4)5)24-25-20(26)30-13-17(27)23-19-22-11-12-29-19/h7-12,14H,6,13H2,1-5H3,(H,22,23,27). The van der Waals surface area contributed by atoms with Crippen molar-refractivity contribution in [2.24, 2.45) is 0 Å². The number of aromatic nitrogens is 4. The Kier molecular flexibility index (Phi) is 7.14. The van der Waals surface area contributed by atoms with Gasteiger partial charge in [-0.05, 0) is 37.0 Å². The van der Waals surface area contributed by atoms with E-state index in [1.165, 1.54) is 28.7 Å². The second-order valence-electron chi connectivity index (χ2n) is 7.79. The molecule has 2 heterocycles. The highest BCUT2D eigenvalue weighted by molar-refractivity contribution is 7.99. The Hall–Kier alpha value is -2.39. The molecule has 0 aliphatic rings. The Morgan fingerprint density at radius 1 is 1.27 bits per heavy atom. The van der Waals surface area contributed by atoms with E-state index in [9.17, 15) is 4.79 Å². The number of nitrogens with zero attached hydrogens (tertiary/aromatic N) is 4. The molecule has 0 aliphatic carbocycles. The average molecular weight is 446 g/mol. The zero-order valence-corrected chi connectivity index (χ0v) is 19.5. The zero-order valence-electron chi connectivity index (χ0n) is 17.9. The van der Waals surface area contributed by atoms with Crippen LogP contribution >= 0.6 is 23.1 Å². The molecule has 1 atom stereocenters. The smallest absolute Gasteiger partial charge is 0.236 e. The number of benzene rings is 1. The zero-order chi connectivity index (χ0) is 21.7. The summed E-state index contributed by atoms with van der Waals surface area (Å²) in [7, 11) is 0. The largest absolute Gasteiger partial charge is 0.483 e. The van der Waals surface area contributed by atoms with Crippen LogP contribution in [0.4, 0.5) is 5.13 Å². The Morgan fingerprint density at radius 2 is 2.00 bits per heavy atom. The third-order valence-electron chi connectivity index (χ3n) is 4.47. The van der Waals surface area contributed by atoms with Crippen molar-refractivity contribution in [1.82, 2.24) is 19.7 Å². The molecule has 9 heteroatoms. The van der Waals surface area contributed by atoms with Crippen molar-refractivity contribution in [2.45, 2.75) is 57.8 Å². The second-order valence-corrected chi connectivity index (χ2v) is 9.63. The van der Waals surface area contributed by atoms with E-state index in [1.807, 2.05) is 35.9 Å². The lowest BCUT2D eigenvalue weighted by atomic mass is 9.87. The van der Waals surface area contributed by atoms with Crippen molar-refractivity contribution >= 4 is 34.1 Å². The highest BCUT2D eigenvalue weighted by Gasteiger charge is 2.20.